The lowest BCUT2D eigenvalue weighted by Gasteiger charge is -2.21. The topological polar surface area (TPSA) is 102 Å². The Labute approximate surface area is 202 Å². The van der Waals surface area contributed by atoms with E-state index in [1.807, 2.05) is 19.1 Å². The van der Waals surface area contributed by atoms with Crippen molar-refractivity contribution in [3.05, 3.63) is 59.4 Å². The van der Waals surface area contributed by atoms with Gasteiger partial charge in [0.25, 0.3) is 17.6 Å². The van der Waals surface area contributed by atoms with E-state index in [1.165, 1.54) is 4.90 Å². The maximum Gasteiger partial charge on any atom is 0.341 e. The molecule has 1 fully saturated rings. The Balaban J connectivity index is 1.57. The van der Waals surface area contributed by atoms with Crippen LogP contribution in [-0.2, 0) is 29.2 Å². The van der Waals surface area contributed by atoms with E-state index in [-0.39, 0.29) is 18.4 Å². The SMILES string of the molecule is CCn1c(CN2C(=O)c3ccccc3C2=O)[n+](CC2CCOCC2)c2ccc(OCC(=O)O)cc21. The molecule has 0 bridgehead atoms. The standard InChI is InChI=1S/C26H27N3O6/c1-2-27-22-13-18(35-16-24(30)31)7-8-21(22)28(14-17-9-11-34-12-10-17)23(27)15-29-25(32)19-5-3-4-6-20(19)26(29)33/h3-8,13,17H,2,9-12,14-16H2,1H3/p+1. The fourth-order valence-corrected chi connectivity index (χ4v) is 5.04. The maximum absolute atomic E-state index is 13.1. The van der Waals surface area contributed by atoms with Crippen LogP contribution in [0.2, 0.25) is 0 Å². The summed E-state index contributed by atoms with van der Waals surface area (Å²) in [6.07, 6.45) is 1.89. The molecule has 2 amide bonds. The Morgan fingerprint density at radius 2 is 1.80 bits per heavy atom. The number of hydrogen-bond donors (Lipinski definition) is 1. The molecule has 3 aromatic rings. The van der Waals surface area contributed by atoms with Gasteiger partial charge in [-0.25, -0.2) is 13.9 Å². The highest BCUT2D eigenvalue weighted by Crippen LogP contribution is 2.27. The number of ether oxygens (including phenoxy) is 2. The van der Waals surface area contributed by atoms with E-state index in [0.717, 1.165) is 49.5 Å². The van der Waals surface area contributed by atoms with E-state index in [2.05, 4.69) is 9.13 Å². The molecule has 1 saturated heterocycles. The molecule has 1 aromatic heterocycles. The largest absolute Gasteiger partial charge is 0.482 e. The summed E-state index contributed by atoms with van der Waals surface area (Å²) >= 11 is 0. The molecule has 1 N–H and O–H groups in total. The number of amides is 2. The van der Waals surface area contributed by atoms with Gasteiger partial charge in [-0.2, -0.15) is 0 Å². The Morgan fingerprint density at radius 1 is 1.11 bits per heavy atom. The number of benzene rings is 2. The summed E-state index contributed by atoms with van der Waals surface area (Å²) in [6, 6.07) is 12.4. The summed E-state index contributed by atoms with van der Waals surface area (Å²) in [6.45, 7) is 4.51. The van der Waals surface area contributed by atoms with Crippen molar-refractivity contribution in [3.63, 3.8) is 0 Å². The molecule has 2 aliphatic heterocycles. The first-order chi connectivity index (χ1) is 17.0. The first-order valence-corrected chi connectivity index (χ1v) is 11.9. The first kappa shape index (κ1) is 23.0. The number of imidazole rings is 1. The predicted molar refractivity (Wildman–Crippen MR) is 125 cm³/mol. The van der Waals surface area contributed by atoms with Crippen molar-refractivity contribution >= 4 is 28.8 Å². The van der Waals surface area contributed by atoms with Crippen molar-refractivity contribution in [2.24, 2.45) is 5.92 Å². The van der Waals surface area contributed by atoms with Gasteiger partial charge in [-0.15, -0.1) is 0 Å². The second-order valence-electron chi connectivity index (χ2n) is 8.90. The van der Waals surface area contributed by atoms with Gasteiger partial charge in [-0.05, 0) is 44.0 Å². The summed E-state index contributed by atoms with van der Waals surface area (Å²) in [5.74, 6) is 0.0880. The molecule has 2 aliphatic rings. The normalized spacial score (nSPS) is 16.2. The number of carboxylic acids is 1. The molecule has 0 radical (unpaired) electrons. The summed E-state index contributed by atoms with van der Waals surface area (Å²) < 4.78 is 15.2. The van der Waals surface area contributed by atoms with Crippen molar-refractivity contribution < 1.29 is 33.5 Å². The number of carbonyl (C=O) groups is 3. The van der Waals surface area contributed by atoms with Crippen molar-refractivity contribution in [2.45, 2.75) is 39.4 Å². The van der Waals surface area contributed by atoms with Crippen LogP contribution in [0.1, 0.15) is 46.3 Å². The van der Waals surface area contributed by atoms with Crippen LogP contribution in [0, 0.1) is 5.92 Å². The highest BCUT2D eigenvalue weighted by Gasteiger charge is 2.39. The Bertz CT molecular complexity index is 1270. The Kier molecular flexibility index (Phi) is 6.25. The zero-order chi connectivity index (χ0) is 24.5. The summed E-state index contributed by atoms with van der Waals surface area (Å²) in [4.78, 5) is 38.5. The minimum Gasteiger partial charge on any atom is -0.482 e. The van der Waals surface area contributed by atoms with Crippen LogP contribution in [0.4, 0.5) is 0 Å². The van der Waals surface area contributed by atoms with Crippen molar-refractivity contribution in [1.82, 2.24) is 9.47 Å². The number of aromatic nitrogens is 2. The molecule has 0 unspecified atom stereocenters. The molecule has 9 nitrogen and oxygen atoms in total. The fourth-order valence-electron chi connectivity index (χ4n) is 5.04. The van der Waals surface area contributed by atoms with Gasteiger partial charge in [0, 0.05) is 25.2 Å². The van der Waals surface area contributed by atoms with E-state index in [9.17, 15) is 14.4 Å². The minimum absolute atomic E-state index is 0.142. The lowest BCUT2D eigenvalue weighted by atomic mass is 10.0. The predicted octanol–water partition coefficient (Wildman–Crippen LogP) is 2.63. The molecule has 0 atom stereocenters. The Hall–Kier alpha value is -3.72. The highest BCUT2D eigenvalue weighted by atomic mass is 16.5. The fraction of sp³-hybridized carbons (Fsp3) is 0.385. The molecule has 5 rings (SSSR count). The average molecular weight is 479 g/mol. The third-order valence-electron chi connectivity index (χ3n) is 6.79. The molecule has 35 heavy (non-hydrogen) atoms. The lowest BCUT2D eigenvalue weighted by Crippen LogP contribution is -2.45. The summed E-state index contributed by atoms with van der Waals surface area (Å²) in [5.41, 5.74) is 2.68. The summed E-state index contributed by atoms with van der Waals surface area (Å²) in [7, 11) is 0. The number of fused-ring (bicyclic) bond motifs is 2. The van der Waals surface area contributed by atoms with Gasteiger partial charge >= 0.3 is 5.97 Å². The number of carbonyl (C=O) groups excluding carboxylic acids is 2. The van der Waals surface area contributed by atoms with Crippen LogP contribution in [0.3, 0.4) is 0 Å². The van der Waals surface area contributed by atoms with E-state index < -0.39 is 12.6 Å². The summed E-state index contributed by atoms with van der Waals surface area (Å²) in [5, 5.41) is 8.99. The molecule has 0 aliphatic carbocycles. The van der Waals surface area contributed by atoms with Gasteiger partial charge in [-0.3, -0.25) is 14.5 Å². The van der Waals surface area contributed by atoms with Crippen LogP contribution in [0.5, 0.6) is 5.75 Å². The van der Waals surface area contributed by atoms with Gasteiger partial charge in [0.15, 0.2) is 17.6 Å². The van der Waals surface area contributed by atoms with Crippen LogP contribution < -0.4 is 9.30 Å². The van der Waals surface area contributed by atoms with E-state index in [4.69, 9.17) is 14.6 Å². The van der Waals surface area contributed by atoms with Crippen molar-refractivity contribution in [3.8, 4) is 5.75 Å². The number of nitrogens with zero attached hydrogens (tertiary/aromatic N) is 3. The maximum atomic E-state index is 13.1. The molecular weight excluding hydrogens is 450 g/mol. The smallest absolute Gasteiger partial charge is 0.341 e. The average Bonchev–Trinajstić information content (AvgIpc) is 3.29. The zero-order valence-electron chi connectivity index (χ0n) is 19.6. The number of hydrogen-bond acceptors (Lipinski definition) is 5. The van der Waals surface area contributed by atoms with E-state index >= 15 is 0 Å². The minimum atomic E-state index is -1.04. The molecule has 182 valence electrons. The third kappa shape index (κ3) is 4.27. The van der Waals surface area contributed by atoms with E-state index in [1.54, 1.807) is 30.3 Å². The van der Waals surface area contributed by atoms with E-state index in [0.29, 0.717) is 29.3 Å². The van der Waals surface area contributed by atoms with Gasteiger partial charge in [0.2, 0.25) is 0 Å². The van der Waals surface area contributed by atoms with Crippen LogP contribution >= 0.6 is 0 Å². The van der Waals surface area contributed by atoms with Gasteiger partial charge in [0.1, 0.15) is 12.3 Å². The number of aryl methyl sites for hydroxylation is 1. The van der Waals surface area contributed by atoms with Crippen molar-refractivity contribution in [1.29, 1.82) is 0 Å². The highest BCUT2D eigenvalue weighted by molar-refractivity contribution is 6.21. The van der Waals surface area contributed by atoms with Gasteiger partial charge in [0.05, 0.1) is 24.2 Å². The molecular formula is C26H28N3O6+. The molecule has 9 heteroatoms. The van der Waals surface area contributed by atoms with Gasteiger partial charge < -0.3 is 14.6 Å². The third-order valence-corrected chi connectivity index (χ3v) is 6.79. The number of imide groups is 1. The van der Waals surface area contributed by atoms with Crippen LogP contribution in [0.15, 0.2) is 42.5 Å². The van der Waals surface area contributed by atoms with Crippen molar-refractivity contribution in [2.75, 3.05) is 19.8 Å². The number of rotatable bonds is 8. The van der Waals surface area contributed by atoms with Crippen LogP contribution in [0.25, 0.3) is 11.0 Å². The zero-order valence-corrected chi connectivity index (χ0v) is 19.6. The molecule has 3 heterocycles. The quantitative estimate of drug-likeness (QED) is 0.395. The van der Waals surface area contributed by atoms with Crippen LogP contribution in [-0.4, -0.2) is 52.2 Å². The van der Waals surface area contributed by atoms with Gasteiger partial charge in [-0.1, -0.05) is 12.1 Å². The molecule has 2 aromatic carbocycles. The second kappa shape index (κ2) is 9.50. The number of carboxylic acid groups (broad SMARTS) is 1. The monoisotopic (exact) mass is 478 g/mol. The number of aliphatic carboxylic acids is 1. The first-order valence-electron chi connectivity index (χ1n) is 11.9. The molecule has 0 spiro atoms. The molecule has 0 saturated carbocycles. The lowest BCUT2D eigenvalue weighted by molar-refractivity contribution is -0.687. The Morgan fingerprint density at radius 3 is 2.43 bits per heavy atom. The second-order valence-corrected chi connectivity index (χ2v) is 8.90.